The van der Waals surface area contributed by atoms with E-state index < -0.39 is 57.4 Å². The Morgan fingerprint density at radius 3 is 1.65 bits per heavy atom. The van der Waals surface area contributed by atoms with Gasteiger partial charge in [-0.25, -0.2) is 19.2 Å². The lowest BCUT2D eigenvalue weighted by molar-refractivity contribution is 0.0651. The van der Waals surface area contributed by atoms with Gasteiger partial charge in [-0.05, 0) is 29.3 Å². The predicted octanol–water partition coefficient (Wildman–Crippen LogP) is 1.31. The third-order valence-corrected chi connectivity index (χ3v) is 3.59. The summed E-state index contributed by atoms with van der Waals surface area (Å²) in [6.45, 7) is 0. The van der Waals surface area contributed by atoms with Crippen molar-refractivity contribution in [2.75, 3.05) is 11.5 Å². The minimum absolute atomic E-state index is 0.0652. The van der Waals surface area contributed by atoms with Crippen LogP contribution < -0.4 is 11.5 Å². The van der Waals surface area contributed by atoms with Crippen molar-refractivity contribution in [1.29, 1.82) is 0 Å². The van der Waals surface area contributed by atoms with Crippen molar-refractivity contribution in [2.45, 2.75) is 0 Å². The quantitative estimate of drug-likeness (QED) is 0.422. The molecule has 0 amide bonds. The average molecular weight is 360 g/mol. The molecule has 8 N–H and O–H groups in total. The number of anilines is 2. The van der Waals surface area contributed by atoms with Crippen LogP contribution in [0, 0.1) is 0 Å². The molecule has 2 aromatic carbocycles. The molecule has 0 aliphatic rings. The molecule has 0 aliphatic carbocycles. The molecule has 2 aromatic rings. The Kier molecular flexibility index (Phi) is 4.52. The number of hydrogen-bond acceptors (Lipinski definition) is 6. The topological polar surface area (TPSA) is 201 Å². The highest BCUT2D eigenvalue weighted by atomic mass is 16.4. The molecule has 0 saturated carbocycles. The van der Waals surface area contributed by atoms with E-state index >= 15 is 0 Å². The van der Waals surface area contributed by atoms with Gasteiger partial charge in [0.15, 0.2) is 0 Å². The van der Waals surface area contributed by atoms with E-state index in [1.807, 2.05) is 0 Å². The Morgan fingerprint density at radius 2 is 1.19 bits per heavy atom. The molecule has 0 fully saturated rings. The predicted molar refractivity (Wildman–Crippen MR) is 88.5 cm³/mol. The summed E-state index contributed by atoms with van der Waals surface area (Å²) in [5.41, 5.74) is 6.88. The fraction of sp³-hybridized carbons (Fsp3) is 0. The number of aromatic carboxylic acids is 4. The first kappa shape index (κ1) is 18.3. The second kappa shape index (κ2) is 6.43. The van der Waals surface area contributed by atoms with Gasteiger partial charge in [0.2, 0.25) is 0 Å². The number of nitrogens with two attached hydrogens (primary N) is 2. The van der Waals surface area contributed by atoms with Crippen LogP contribution in [0.15, 0.2) is 24.3 Å². The first-order chi connectivity index (χ1) is 12.1. The van der Waals surface area contributed by atoms with Gasteiger partial charge in [-0.15, -0.1) is 0 Å². The Balaban J connectivity index is 3.07. The van der Waals surface area contributed by atoms with Gasteiger partial charge in [-0.2, -0.15) is 0 Å². The standard InChI is InChI=1S/C16H12N2O8/c17-5-1-2-6(8(3-5)13(19)20)7-4-9(14(21)22)12(18)11(16(25)26)10(7)15(23)24/h1-4H,17-18H2,(H,19,20)(H,21,22)(H,23,24)(H,25,26). The van der Waals surface area contributed by atoms with E-state index in [4.69, 9.17) is 11.5 Å². The third kappa shape index (κ3) is 2.98. The summed E-state index contributed by atoms with van der Waals surface area (Å²) in [6, 6.07) is 4.30. The average Bonchev–Trinajstić information content (AvgIpc) is 2.53. The van der Waals surface area contributed by atoms with Crippen molar-refractivity contribution in [1.82, 2.24) is 0 Å². The second-order valence-electron chi connectivity index (χ2n) is 5.16. The van der Waals surface area contributed by atoms with E-state index in [9.17, 15) is 39.6 Å². The van der Waals surface area contributed by atoms with Crippen LogP contribution in [-0.2, 0) is 0 Å². The minimum Gasteiger partial charge on any atom is -0.478 e. The van der Waals surface area contributed by atoms with Gasteiger partial charge < -0.3 is 31.9 Å². The number of benzene rings is 2. The highest BCUT2D eigenvalue weighted by Crippen LogP contribution is 2.35. The number of carbonyl (C=O) groups is 4. The molecular weight excluding hydrogens is 348 g/mol. The fourth-order valence-electron chi connectivity index (χ4n) is 2.51. The fourth-order valence-corrected chi connectivity index (χ4v) is 2.51. The van der Waals surface area contributed by atoms with Crippen LogP contribution in [0.3, 0.4) is 0 Å². The summed E-state index contributed by atoms with van der Waals surface area (Å²) in [5, 5.41) is 37.4. The van der Waals surface area contributed by atoms with E-state index in [1.54, 1.807) is 0 Å². The van der Waals surface area contributed by atoms with Crippen molar-refractivity contribution in [3.63, 3.8) is 0 Å². The van der Waals surface area contributed by atoms with Crippen LogP contribution in [0.5, 0.6) is 0 Å². The van der Waals surface area contributed by atoms with Crippen LogP contribution >= 0.6 is 0 Å². The Hall–Kier alpha value is -4.08. The maximum absolute atomic E-state index is 11.7. The monoisotopic (exact) mass is 360 g/mol. The molecule has 0 saturated heterocycles. The van der Waals surface area contributed by atoms with E-state index in [-0.39, 0.29) is 11.3 Å². The summed E-state index contributed by atoms with van der Waals surface area (Å²) in [5.74, 6) is -6.55. The smallest absolute Gasteiger partial charge is 0.338 e. The highest BCUT2D eigenvalue weighted by Gasteiger charge is 2.30. The van der Waals surface area contributed by atoms with Crippen LogP contribution in [0.2, 0.25) is 0 Å². The van der Waals surface area contributed by atoms with Crippen LogP contribution in [0.25, 0.3) is 11.1 Å². The van der Waals surface area contributed by atoms with Crippen molar-refractivity contribution in [3.8, 4) is 11.1 Å². The number of hydrogen-bond donors (Lipinski definition) is 6. The van der Waals surface area contributed by atoms with Crippen LogP contribution in [0.4, 0.5) is 11.4 Å². The summed E-state index contributed by atoms with van der Waals surface area (Å²) < 4.78 is 0. The van der Waals surface area contributed by atoms with E-state index in [1.165, 1.54) is 6.07 Å². The number of nitrogen functional groups attached to an aromatic ring is 2. The Labute approximate surface area is 144 Å². The number of rotatable bonds is 5. The van der Waals surface area contributed by atoms with Crippen molar-refractivity contribution >= 4 is 35.3 Å². The molecule has 0 aromatic heterocycles. The molecule has 0 aliphatic heterocycles. The van der Waals surface area contributed by atoms with Gasteiger partial charge in [0.1, 0.15) is 0 Å². The molecular formula is C16H12N2O8. The molecule has 0 heterocycles. The Bertz CT molecular complexity index is 981. The SMILES string of the molecule is Nc1ccc(-c2cc(C(=O)O)c(N)c(C(=O)O)c2C(=O)O)c(C(=O)O)c1. The molecule has 0 unspecified atom stereocenters. The minimum atomic E-state index is -1.77. The van der Waals surface area contributed by atoms with Gasteiger partial charge >= 0.3 is 23.9 Å². The van der Waals surface area contributed by atoms with Crippen LogP contribution in [0.1, 0.15) is 41.4 Å². The maximum atomic E-state index is 11.7. The summed E-state index contributed by atoms with van der Waals surface area (Å²) in [4.78, 5) is 46.0. The first-order valence-electron chi connectivity index (χ1n) is 6.85. The molecule has 10 nitrogen and oxygen atoms in total. The zero-order valence-electron chi connectivity index (χ0n) is 12.9. The number of carboxylic acids is 4. The molecule has 0 radical (unpaired) electrons. The normalized spacial score (nSPS) is 10.3. The lowest BCUT2D eigenvalue weighted by atomic mass is 9.88. The van der Waals surface area contributed by atoms with Crippen molar-refractivity contribution < 1.29 is 39.6 Å². The summed E-state index contributed by atoms with van der Waals surface area (Å²) in [7, 11) is 0. The third-order valence-electron chi connectivity index (χ3n) is 3.59. The molecule has 2 rings (SSSR count). The highest BCUT2D eigenvalue weighted by molar-refractivity contribution is 6.14. The largest absolute Gasteiger partial charge is 0.478 e. The van der Waals surface area contributed by atoms with Gasteiger partial charge in [-0.3, -0.25) is 0 Å². The molecule has 0 bridgehead atoms. The van der Waals surface area contributed by atoms with Gasteiger partial charge in [0.25, 0.3) is 0 Å². The zero-order chi connectivity index (χ0) is 19.8. The van der Waals surface area contributed by atoms with Gasteiger partial charge in [-0.1, -0.05) is 6.07 Å². The maximum Gasteiger partial charge on any atom is 0.338 e. The van der Waals surface area contributed by atoms with Crippen LogP contribution in [-0.4, -0.2) is 44.3 Å². The second-order valence-corrected chi connectivity index (χ2v) is 5.16. The summed E-state index contributed by atoms with van der Waals surface area (Å²) >= 11 is 0. The van der Waals surface area contributed by atoms with Gasteiger partial charge in [0, 0.05) is 5.69 Å². The van der Waals surface area contributed by atoms with Crippen molar-refractivity contribution in [3.05, 3.63) is 46.5 Å². The lowest BCUT2D eigenvalue weighted by Gasteiger charge is -2.16. The van der Waals surface area contributed by atoms with E-state index in [0.29, 0.717) is 0 Å². The molecule has 10 heteroatoms. The summed E-state index contributed by atoms with van der Waals surface area (Å²) in [6.07, 6.45) is 0. The van der Waals surface area contributed by atoms with E-state index in [2.05, 4.69) is 0 Å². The van der Waals surface area contributed by atoms with E-state index in [0.717, 1.165) is 18.2 Å². The molecule has 26 heavy (non-hydrogen) atoms. The molecule has 134 valence electrons. The Morgan fingerprint density at radius 1 is 0.654 bits per heavy atom. The molecule has 0 spiro atoms. The number of carboxylic acid groups (broad SMARTS) is 4. The zero-order valence-corrected chi connectivity index (χ0v) is 12.9. The van der Waals surface area contributed by atoms with Crippen molar-refractivity contribution in [2.24, 2.45) is 0 Å². The first-order valence-corrected chi connectivity index (χ1v) is 6.85. The van der Waals surface area contributed by atoms with Gasteiger partial charge in [0.05, 0.1) is 27.9 Å². The lowest BCUT2D eigenvalue weighted by Crippen LogP contribution is -2.17. The molecule has 0 atom stereocenters.